The molecule has 1 aromatic carbocycles. The summed E-state index contributed by atoms with van der Waals surface area (Å²) in [4.78, 5) is 41.5. The highest BCUT2D eigenvalue weighted by molar-refractivity contribution is 6.27. The van der Waals surface area contributed by atoms with Crippen LogP contribution in [0.3, 0.4) is 0 Å². The summed E-state index contributed by atoms with van der Waals surface area (Å²) in [6, 6.07) is 7.73. The lowest BCUT2D eigenvalue weighted by Crippen LogP contribution is -2.36. The number of rotatable bonds is 2. The largest absolute Gasteiger partial charge is 0.467 e. The average Bonchev–Trinajstić information content (AvgIpc) is 3.01. The zero-order valence-corrected chi connectivity index (χ0v) is 10.7. The summed E-state index contributed by atoms with van der Waals surface area (Å²) in [5.74, 6) is -2.80. The van der Waals surface area contributed by atoms with Crippen molar-refractivity contribution in [1.82, 2.24) is 0 Å². The lowest BCUT2D eigenvalue weighted by atomic mass is 9.92. The molecule has 1 fully saturated rings. The van der Waals surface area contributed by atoms with Gasteiger partial charge in [-0.15, -0.1) is 0 Å². The van der Waals surface area contributed by atoms with Crippen molar-refractivity contribution in [2.75, 3.05) is 12.0 Å². The van der Waals surface area contributed by atoms with Crippen LogP contribution in [0.4, 0.5) is 5.69 Å². The first-order valence-electron chi connectivity index (χ1n) is 6.19. The molecule has 2 aliphatic rings. The summed E-state index contributed by atoms with van der Waals surface area (Å²) in [7, 11) is 1.24. The van der Waals surface area contributed by atoms with Gasteiger partial charge in [0.25, 0.3) is 0 Å². The van der Waals surface area contributed by atoms with E-state index in [0.717, 1.165) is 4.90 Å². The molecule has 2 heterocycles. The fourth-order valence-electron chi connectivity index (χ4n) is 2.64. The summed E-state index contributed by atoms with van der Waals surface area (Å²) in [5.41, 5.74) is 0.508. The number of para-hydroxylation sites is 1. The lowest BCUT2D eigenvalue weighted by molar-refractivity contribution is -0.145. The van der Waals surface area contributed by atoms with Gasteiger partial charge in [0.1, 0.15) is 0 Å². The Morgan fingerprint density at radius 1 is 1.20 bits per heavy atom. The monoisotopic (exact) mass is 272 g/mol. The first-order chi connectivity index (χ1) is 9.65. The minimum atomic E-state index is -0.921. The van der Waals surface area contributed by atoms with Crippen LogP contribution in [0.1, 0.15) is 0 Å². The number of fused-ring (bicyclic) bond motifs is 1. The molecule has 0 unspecified atom stereocenters. The van der Waals surface area contributed by atoms with Crippen LogP contribution in [0.5, 0.6) is 0 Å². The number of carbonyl (C=O) groups excluding carboxylic acids is 3. The Labute approximate surface area is 115 Å². The molecule has 1 saturated heterocycles. The summed E-state index contributed by atoms with van der Waals surface area (Å²) >= 11 is 0. The van der Waals surface area contributed by atoms with Gasteiger partial charge in [-0.05, 0) is 12.1 Å². The van der Waals surface area contributed by atoms with Gasteiger partial charge in [0, 0.05) is 6.21 Å². The molecule has 6 heteroatoms. The Balaban J connectivity index is 1.96. The molecule has 1 aromatic rings. The third-order valence-corrected chi connectivity index (χ3v) is 3.60. The zero-order valence-electron chi connectivity index (χ0n) is 10.7. The van der Waals surface area contributed by atoms with Gasteiger partial charge in [0.2, 0.25) is 11.8 Å². The maximum Gasteiger partial charge on any atom is 0.331 e. The average molecular weight is 272 g/mol. The van der Waals surface area contributed by atoms with Gasteiger partial charge in [-0.3, -0.25) is 14.6 Å². The van der Waals surface area contributed by atoms with Gasteiger partial charge < -0.3 is 4.74 Å². The van der Waals surface area contributed by atoms with Crippen LogP contribution in [-0.2, 0) is 19.1 Å². The van der Waals surface area contributed by atoms with Crippen molar-refractivity contribution in [1.29, 1.82) is 0 Å². The van der Waals surface area contributed by atoms with Gasteiger partial charge in [0.05, 0.1) is 24.6 Å². The molecular weight excluding hydrogens is 260 g/mol. The third-order valence-electron chi connectivity index (χ3n) is 3.60. The number of ether oxygens (including phenoxy) is 1. The van der Waals surface area contributed by atoms with Crippen LogP contribution in [0.2, 0.25) is 0 Å². The van der Waals surface area contributed by atoms with Crippen LogP contribution in [-0.4, -0.2) is 37.1 Å². The number of nitrogens with zero attached hydrogens (tertiary/aromatic N) is 2. The van der Waals surface area contributed by atoms with E-state index in [1.165, 1.54) is 13.3 Å². The number of esters is 1. The molecule has 0 saturated carbocycles. The first-order valence-corrected chi connectivity index (χ1v) is 6.19. The molecule has 3 rings (SSSR count). The van der Waals surface area contributed by atoms with Crippen LogP contribution in [0.25, 0.3) is 0 Å². The second-order valence-electron chi connectivity index (χ2n) is 4.67. The van der Waals surface area contributed by atoms with Gasteiger partial charge in [-0.25, -0.2) is 9.69 Å². The topological polar surface area (TPSA) is 76.0 Å². The second-order valence-corrected chi connectivity index (χ2v) is 4.67. The fraction of sp³-hybridized carbons (Fsp3) is 0.286. The molecule has 102 valence electrons. The van der Waals surface area contributed by atoms with E-state index in [9.17, 15) is 14.4 Å². The normalized spacial score (nSPS) is 27.9. The van der Waals surface area contributed by atoms with E-state index in [-0.39, 0.29) is 5.91 Å². The maximum atomic E-state index is 12.4. The van der Waals surface area contributed by atoms with Crippen molar-refractivity contribution >= 4 is 29.7 Å². The molecule has 0 aliphatic carbocycles. The molecule has 6 nitrogen and oxygen atoms in total. The number of hydrogen-bond acceptors (Lipinski definition) is 5. The number of imide groups is 1. The number of anilines is 1. The zero-order chi connectivity index (χ0) is 14.3. The summed E-state index contributed by atoms with van der Waals surface area (Å²) in [5, 5.41) is 0. The van der Waals surface area contributed by atoms with Crippen LogP contribution < -0.4 is 4.90 Å². The van der Waals surface area contributed by atoms with E-state index in [2.05, 4.69) is 9.73 Å². The minimum Gasteiger partial charge on any atom is -0.467 e. The summed E-state index contributed by atoms with van der Waals surface area (Å²) in [6.45, 7) is 0. The van der Waals surface area contributed by atoms with Crippen LogP contribution >= 0.6 is 0 Å². The SMILES string of the molecule is COC(=O)[C@@H]1N=C[C@H]2C(=O)N(c3ccccc3)C(=O)[C@H]21. The highest BCUT2D eigenvalue weighted by atomic mass is 16.5. The molecule has 3 atom stereocenters. The number of carbonyl (C=O) groups is 3. The van der Waals surface area contributed by atoms with Gasteiger partial charge >= 0.3 is 5.97 Å². The molecule has 2 amide bonds. The lowest BCUT2D eigenvalue weighted by Gasteiger charge is -2.16. The maximum absolute atomic E-state index is 12.4. The van der Waals surface area contributed by atoms with Crippen molar-refractivity contribution in [3.8, 4) is 0 Å². The second kappa shape index (κ2) is 4.56. The minimum absolute atomic E-state index is 0.346. The van der Waals surface area contributed by atoms with Crippen molar-refractivity contribution in [2.45, 2.75) is 6.04 Å². The van der Waals surface area contributed by atoms with Gasteiger partial charge in [0.15, 0.2) is 6.04 Å². The first kappa shape index (κ1) is 12.5. The van der Waals surface area contributed by atoms with Crippen molar-refractivity contribution in [2.24, 2.45) is 16.8 Å². The Hall–Kier alpha value is -2.50. The Kier molecular flexibility index (Phi) is 2.85. The van der Waals surface area contributed by atoms with E-state index in [0.29, 0.717) is 5.69 Å². The van der Waals surface area contributed by atoms with Crippen LogP contribution in [0, 0.1) is 11.8 Å². The quantitative estimate of drug-likeness (QED) is 0.577. The molecule has 0 spiro atoms. The Bertz CT molecular complexity index is 611. The molecule has 0 bridgehead atoms. The molecule has 20 heavy (non-hydrogen) atoms. The summed E-state index contributed by atoms with van der Waals surface area (Å²) in [6.07, 6.45) is 1.38. The number of benzene rings is 1. The van der Waals surface area contributed by atoms with E-state index < -0.39 is 29.8 Å². The summed E-state index contributed by atoms with van der Waals surface area (Å²) < 4.78 is 4.63. The number of amides is 2. The Morgan fingerprint density at radius 3 is 2.55 bits per heavy atom. The molecule has 2 aliphatic heterocycles. The van der Waals surface area contributed by atoms with E-state index in [1.54, 1.807) is 30.3 Å². The van der Waals surface area contributed by atoms with Crippen molar-refractivity contribution in [3.63, 3.8) is 0 Å². The molecular formula is C14H12N2O4. The van der Waals surface area contributed by atoms with E-state index in [1.807, 2.05) is 0 Å². The molecule has 0 radical (unpaired) electrons. The Morgan fingerprint density at radius 2 is 1.90 bits per heavy atom. The van der Waals surface area contributed by atoms with Gasteiger partial charge in [-0.2, -0.15) is 0 Å². The third kappa shape index (κ3) is 1.65. The highest BCUT2D eigenvalue weighted by Gasteiger charge is 2.56. The van der Waals surface area contributed by atoms with Crippen molar-refractivity contribution < 1.29 is 19.1 Å². The predicted octanol–water partition coefficient (Wildman–Crippen LogP) is 0.418. The number of methoxy groups -OCH3 is 1. The van der Waals surface area contributed by atoms with Gasteiger partial charge in [-0.1, -0.05) is 18.2 Å². The number of hydrogen-bond donors (Lipinski definition) is 0. The number of aliphatic imine (C=N–C) groups is 1. The molecule has 0 aromatic heterocycles. The highest BCUT2D eigenvalue weighted by Crippen LogP contribution is 2.36. The smallest absolute Gasteiger partial charge is 0.331 e. The van der Waals surface area contributed by atoms with Crippen molar-refractivity contribution in [3.05, 3.63) is 30.3 Å². The molecule has 0 N–H and O–H groups in total. The van der Waals surface area contributed by atoms with E-state index in [4.69, 9.17) is 0 Å². The standard InChI is InChI=1S/C14H12N2O4/c1-20-14(19)11-10-9(7-15-11)12(17)16(13(10)18)8-5-3-2-4-6-8/h2-7,9-11H,1H3/t9-,10-,11-/m1/s1. The predicted molar refractivity (Wildman–Crippen MR) is 70.2 cm³/mol. The van der Waals surface area contributed by atoms with E-state index >= 15 is 0 Å². The van der Waals surface area contributed by atoms with Crippen LogP contribution in [0.15, 0.2) is 35.3 Å². The fourth-order valence-corrected chi connectivity index (χ4v) is 2.64.